The van der Waals surface area contributed by atoms with E-state index in [1.807, 2.05) is 24.3 Å². The van der Waals surface area contributed by atoms with Gasteiger partial charge in [0.1, 0.15) is 12.1 Å². The molecule has 0 aliphatic carbocycles. The van der Waals surface area contributed by atoms with Crippen molar-refractivity contribution < 1.29 is 29.2 Å². The maximum absolute atomic E-state index is 13.3. The lowest BCUT2D eigenvalue weighted by Gasteiger charge is -2.30. The predicted octanol–water partition coefficient (Wildman–Crippen LogP) is 2.26. The Hall–Kier alpha value is -2.79. The Labute approximate surface area is 219 Å². The van der Waals surface area contributed by atoms with Gasteiger partial charge in [0.25, 0.3) is 0 Å². The highest BCUT2D eigenvalue weighted by Gasteiger charge is 2.44. The van der Waals surface area contributed by atoms with Crippen molar-refractivity contribution in [3.8, 4) is 0 Å². The van der Waals surface area contributed by atoms with Crippen LogP contribution in [0.4, 0.5) is 9.59 Å². The first-order chi connectivity index (χ1) is 17.8. The minimum Gasteiger partial charge on any atom is -0.444 e. The lowest BCUT2D eigenvalue weighted by molar-refractivity contribution is -0.125. The smallest absolute Gasteiger partial charge is 0.444 e. The Morgan fingerprint density at radius 1 is 1.00 bits per heavy atom. The van der Waals surface area contributed by atoms with Crippen LogP contribution in [0.15, 0.2) is 24.3 Å². The summed E-state index contributed by atoms with van der Waals surface area (Å²) in [5.74, 6) is -1.28. The van der Waals surface area contributed by atoms with Gasteiger partial charge in [-0.3, -0.25) is 9.69 Å². The molecule has 0 spiro atoms. The summed E-state index contributed by atoms with van der Waals surface area (Å²) in [6.07, 6.45) is 6.40. The average molecular weight is 514 g/mol. The van der Waals surface area contributed by atoms with E-state index in [0.29, 0.717) is 26.1 Å². The molecule has 2 fully saturated rings. The maximum Gasteiger partial charge on any atom is 0.475 e. The van der Waals surface area contributed by atoms with E-state index in [1.165, 1.54) is 4.90 Å². The molecule has 0 aromatic heterocycles. The van der Waals surface area contributed by atoms with E-state index in [2.05, 4.69) is 5.32 Å². The second-order valence-electron chi connectivity index (χ2n) is 10.5. The van der Waals surface area contributed by atoms with Crippen molar-refractivity contribution in [3.05, 3.63) is 35.4 Å². The third-order valence-corrected chi connectivity index (χ3v) is 7.70. The number of nitrogens with zero attached hydrogens (tertiary/aromatic N) is 3. The van der Waals surface area contributed by atoms with Gasteiger partial charge < -0.3 is 29.9 Å². The van der Waals surface area contributed by atoms with E-state index in [0.717, 1.165) is 56.1 Å². The SMILES string of the molecule is CN1CCCCCCCCC[C@@H](B(O)O)NC(=O)C2C[C@@H](OC(=O)N3Cc4ccccc4C3)CN2C1=O. The van der Waals surface area contributed by atoms with Crippen LogP contribution < -0.4 is 5.32 Å². The quantitative estimate of drug-likeness (QED) is 0.521. The first-order valence-corrected chi connectivity index (χ1v) is 13.5. The molecule has 4 rings (SSSR count). The lowest BCUT2D eigenvalue weighted by Crippen LogP contribution is -2.54. The molecule has 37 heavy (non-hydrogen) atoms. The topological polar surface area (TPSA) is 123 Å². The number of nitrogens with one attached hydrogen (secondary N) is 1. The zero-order valence-corrected chi connectivity index (χ0v) is 21.7. The summed E-state index contributed by atoms with van der Waals surface area (Å²) < 4.78 is 5.79. The molecule has 3 N–H and O–H groups in total. The first-order valence-electron chi connectivity index (χ1n) is 13.5. The monoisotopic (exact) mass is 514 g/mol. The summed E-state index contributed by atoms with van der Waals surface area (Å²) in [5, 5.41) is 22.5. The Kier molecular flexibility index (Phi) is 9.31. The second-order valence-corrected chi connectivity index (χ2v) is 10.5. The molecule has 1 aromatic rings. The molecule has 3 aliphatic rings. The van der Waals surface area contributed by atoms with Gasteiger partial charge in [-0.15, -0.1) is 0 Å². The number of rotatable bonds is 2. The van der Waals surface area contributed by atoms with Crippen LogP contribution in [0.1, 0.15) is 68.9 Å². The van der Waals surface area contributed by atoms with Gasteiger partial charge in [-0.1, -0.05) is 62.8 Å². The lowest BCUT2D eigenvalue weighted by atomic mass is 9.76. The van der Waals surface area contributed by atoms with E-state index in [-0.39, 0.29) is 19.0 Å². The summed E-state index contributed by atoms with van der Waals surface area (Å²) in [6, 6.07) is 6.70. The van der Waals surface area contributed by atoms with Gasteiger partial charge in [-0.2, -0.15) is 0 Å². The predicted molar refractivity (Wildman–Crippen MR) is 138 cm³/mol. The zero-order chi connectivity index (χ0) is 26.4. The van der Waals surface area contributed by atoms with Crippen molar-refractivity contribution in [3.63, 3.8) is 0 Å². The molecule has 3 atom stereocenters. The number of carbonyl (C=O) groups excluding carboxylic acids is 3. The van der Waals surface area contributed by atoms with E-state index in [9.17, 15) is 24.4 Å². The fourth-order valence-electron chi connectivity index (χ4n) is 5.51. The summed E-state index contributed by atoms with van der Waals surface area (Å²) in [6.45, 7) is 1.62. The van der Waals surface area contributed by atoms with Crippen molar-refractivity contribution in [2.75, 3.05) is 20.1 Å². The number of hydrogen-bond acceptors (Lipinski definition) is 6. The Bertz CT molecular complexity index is 938. The second kappa shape index (κ2) is 12.6. The zero-order valence-electron chi connectivity index (χ0n) is 21.7. The maximum atomic E-state index is 13.3. The number of fused-ring (bicyclic) bond motifs is 2. The number of amides is 4. The van der Waals surface area contributed by atoms with Crippen molar-refractivity contribution >= 4 is 25.1 Å². The Balaban J connectivity index is 1.45. The van der Waals surface area contributed by atoms with Gasteiger partial charge in [-0.25, -0.2) is 9.59 Å². The molecule has 0 bridgehead atoms. The first kappa shape index (κ1) is 27.3. The van der Waals surface area contributed by atoms with E-state index >= 15 is 0 Å². The third kappa shape index (κ3) is 6.96. The van der Waals surface area contributed by atoms with Gasteiger partial charge in [0.2, 0.25) is 5.91 Å². The molecule has 10 nitrogen and oxygen atoms in total. The summed E-state index contributed by atoms with van der Waals surface area (Å²) in [4.78, 5) is 44.3. The van der Waals surface area contributed by atoms with Gasteiger partial charge in [0.15, 0.2) is 0 Å². The largest absolute Gasteiger partial charge is 0.475 e. The van der Waals surface area contributed by atoms with Crippen LogP contribution in [0.25, 0.3) is 0 Å². The minimum atomic E-state index is -1.69. The van der Waals surface area contributed by atoms with E-state index < -0.39 is 37.2 Å². The van der Waals surface area contributed by atoms with Crippen LogP contribution >= 0.6 is 0 Å². The molecule has 4 amide bonds. The van der Waals surface area contributed by atoms with E-state index in [1.54, 1.807) is 16.8 Å². The number of hydrogen-bond donors (Lipinski definition) is 3. The number of urea groups is 1. The van der Waals surface area contributed by atoms with Gasteiger partial charge in [0, 0.05) is 33.1 Å². The fourth-order valence-corrected chi connectivity index (χ4v) is 5.51. The molecule has 3 aliphatic heterocycles. The number of ether oxygens (including phenoxy) is 1. The van der Waals surface area contributed by atoms with Gasteiger partial charge in [-0.05, 0) is 24.0 Å². The highest BCUT2D eigenvalue weighted by atomic mass is 16.6. The van der Waals surface area contributed by atoms with Crippen LogP contribution in [-0.4, -0.2) is 88.1 Å². The molecule has 11 heteroatoms. The van der Waals surface area contributed by atoms with Gasteiger partial charge >= 0.3 is 19.2 Å². The average Bonchev–Trinajstić information content (AvgIpc) is 3.50. The number of benzene rings is 1. The van der Waals surface area contributed by atoms with Crippen molar-refractivity contribution in [2.24, 2.45) is 0 Å². The van der Waals surface area contributed by atoms with Crippen molar-refractivity contribution in [1.29, 1.82) is 0 Å². The van der Waals surface area contributed by atoms with Gasteiger partial charge in [0.05, 0.1) is 12.5 Å². The third-order valence-electron chi connectivity index (χ3n) is 7.70. The highest BCUT2D eigenvalue weighted by molar-refractivity contribution is 6.43. The Morgan fingerprint density at radius 3 is 2.27 bits per heavy atom. The molecular weight excluding hydrogens is 475 g/mol. The van der Waals surface area contributed by atoms with Crippen LogP contribution in [0.5, 0.6) is 0 Å². The summed E-state index contributed by atoms with van der Waals surface area (Å²) in [5.41, 5.74) is 2.17. The van der Waals surface area contributed by atoms with Crippen molar-refractivity contribution in [1.82, 2.24) is 20.0 Å². The van der Waals surface area contributed by atoms with Crippen LogP contribution in [0.3, 0.4) is 0 Å². The van der Waals surface area contributed by atoms with Crippen LogP contribution in [-0.2, 0) is 22.6 Å². The molecular formula is C26H39BN4O6. The summed E-state index contributed by atoms with van der Waals surface area (Å²) in [7, 11) is 0.0306. The minimum absolute atomic E-state index is 0.111. The molecule has 1 unspecified atom stereocenters. The molecule has 202 valence electrons. The normalized spacial score (nSPS) is 25.9. The Morgan fingerprint density at radius 2 is 1.62 bits per heavy atom. The van der Waals surface area contributed by atoms with E-state index in [4.69, 9.17) is 4.74 Å². The van der Waals surface area contributed by atoms with Crippen molar-refractivity contribution in [2.45, 2.75) is 89.0 Å². The summed E-state index contributed by atoms with van der Waals surface area (Å²) >= 11 is 0. The molecule has 0 saturated carbocycles. The number of carbonyl (C=O) groups is 3. The molecule has 0 radical (unpaired) electrons. The van der Waals surface area contributed by atoms with Crippen LogP contribution in [0.2, 0.25) is 0 Å². The standard InChI is InChI=1S/C26H39BN4O6/c1-29-14-10-6-4-2-3-5-7-13-23(27(35)36)28-24(32)22-15-21(18-31(22)25(29)33)37-26(34)30-16-19-11-8-9-12-20(19)17-30/h8-9,11-12,21-23,35-36H,2-7,10,13-18H2,1H3,(H,28,32)/t21-,22?,23+/m1/s1. The molecule has 2 saturated heterocycles. The van der Waals surface area contributed by atoms with Crippen LogP contribution in [0, 0.1) is 0 Å². The fraction of sp³-hybridized carbons (Fsp3) is 0.654. The highest BCUT2D eigenvalue weighted by Crippen LogP contribution is 2.27. The molecule has 3 heterocycles. The molecule has 1 aromatic carbocycles.